The number of piperidine rings is 1. The zero-order chi connectivity index (χ0) is 15.3. The van der Waals surface area contributed by atoms with Crippen molar-refractivity contribution in [1.29, 1.82) is 0 Å². The predicted octanol–water partition coefficient (Wildman–Crippen LogP) is 4.46. The van der Waals surface area contributed by atoms with Gasteiger partial charge in [0.15, 0.2) is 0 Å². The van der Waals surface area contributed by atoms with Crippen molar-refractivity contribution in [2.45, 2.75) is 51.6 Å². The van der Waals surface area contributed by atoms with Crippen molar-refractivity contribution in [3.05, 3.63) is 29.8 Å². The van der Waals surface area contributed by atoms with E-state index < -0.39 is 0 Å². The van der Waals surface area contributed by atoms with Gasteiger partial charge in [0.05, 0.1) is 0 Å². The Kier molecular flexibility index (Phi) is 5.95. The van der Waals surface area contributed by atoms with Crippen molar-refractivity contribution in [2.75, 3.05) is 25.5 Å². The first-order chi connectivity index (χ1) is 9.99. The first-order valence-electron chi connectivity index (χ1n) is 8.04. The molecule has 1 heterocycles. The van der Waals surface area contributed by atoms with Crippen molar-refractivity contribution < 1.29 is 4.74 Å². The minimum absolute atomic E-state index is 0.196. The fraction of sp³-hybridized carbons (Fsp3) is 0.667. The maximum atomic E-state index is 6.16. The summed E-state index contributed by atoms with van der Waals surface area (Å²) in [6.07, 6.45) is 3.74. The number of nitrogens with zero attached hydrogens (tertiary/aromatic N) is 1. The normalized spacial score (nSPS) is 20.5. The maximum absolute atomic E-state index is 6.16. The minimum Gasteiger partial charge on any atom is -0.489 e. The molecule has 1 aromatic carbocycles. The van der Waals surface area contributed by atoms with E-state index in [1.807, 2.05) is 0 Å². The molecular weight excluding hydrogens is 282 g/mol. The third-order valence-electron chi connectivity index (χ3n) is 4.09. The van der Waals surface area contributed by atoms with Crippen LogP contribution < -0.4 is 4.74 Å². The first kappa shape index (κ1) is 16.6. The molecule has 0 aromatic heterocycles. The van der Waals surface area contributed by atoms with Crippen molar-refractivity contribution in [3.63, 3.8) is 0 Å². The van der Waals surface area contributed by atoms with E-state index in [1.54, 1.807) is 0 Å². The number of hydrogen-bond donors (Lipinski definition) is 0. The van der Waals surface area contributed by atoms with Crippen molar-refractivity contribution in [2.24, 2.45) is 0 Å². The van der Waals surface area contributed by atoms with E-state index in [4.69, 9.17) is 16.3 Å². The van der Waals surface area contributed by atoms with Crippen molar-refractivity contribution in [3.8, 4) is 5.75 Å². The Balaban J connectivity index is 1.89. The topological polar surface area (TPSA) is 12.5 Å². The third-order valence-corrected chi connectivity index (χ3v) is 4.36. The van der Waals surface area contributed by atoms with Crippen LogP contribution >= 0.6 is 11.6 Å². The molecule has 1 aliphatic heterocycles. The van der Waals surface area contributed by atoms with E-state index in [2.05, 4.69) is 49.9 Å². The first-order valence-corrected chi connectivity index (χ1v) is 8.58. The second kappa shape index (κ2) is 7.51. The molecule has 0 unspecified atom stereocenters. The van der Waals surface area contributed by atoms with E-state index in [9.17, 15) is 0 Å². The van der Waals surface area contributed by atoms with Gasteiger partial charge in [-0.05, 0) is 55.5 Å². The molecule has 0 saturated carbocycles. The van der Waals surface area contributed by atoms with Crippen LogP contribution in [0.1, 0.15) is 45.6 Å². The largest absolute Gasteiger partial charge is 0.489 e. The second-order valence-electron chi connectivity index (χ2n) is 7.00. The van der Waals surface area contributed by atoms with Gasteiger partial charge in [-0.3, -0.25) is 4.90 Å². The molecule has 0 radical (unpaired) electrons. The molecule has 2 rings (SSSR count). The number of likely N-dealkylation sites (tertiary alicyclic amines) is 1. The summed E-state index contributed by atoms with van der Waals surface area (Å²) in [6.45, 7) is 10.0. The number of ether oxygens (including phenoxy) is 1. The highest BCUT2D eigenvalue weighted by atomic mass is 35.5. The molecule has 1 fully saturated rings. The molecule has 118 valence electrons. The van der Waals surface area contributed by atoms with E-state index >= 15 is 0 Å². The highest BCUT2D eigenvalue weighted by Gasteiger charge is 2.21. The smallest absolute Gasteiger partial charge is 0.119 e. The van der Waals surface area contributed by atoms with E-state index in [-0.39, 0.29) is 5.41 Å². The Morgan fingerprint density at radius 1 is 1.24 bits per heavy atom. The SMILES string of the molecule is CC(C)(C)c1ccc(O[C@H]2CCCN(CCCCl)C2)cc1. The molecule has 1 aromatic rings. The van der Waals surface area contributed by atoms with Crippen LogP contribution in [0.5, 0.6) is 5.75 Å². The molecule has 3 heteroatoms. The summed E-state index contributed by atoms with van der Waals surface area (Å²) in [7, 11) is 0. The van der Waals surface area contributed by atoms with E-state index in [1.165, 1.54) is 18.5 Å². The molecule has 2 nitrogen and oxygen atoms in total. The summed E-state index contributed by atoms with van der Waals surface area (Å²) in [6, 6.07) is 8.59. The molecule has 21 heavy (non-hydrogen) atoms. The number of alkyl halides is 1. The van der Waals surface area contributed by atoms with Gasteiger partial charge in [0.25, 0.3) is 0 Å². The summed E-state index contributed by atoms with van der Waals surface area (Å²) < 4.78 is 6.16. The monoisotopic (exact) mass is 309 g/mol. The van der Waals surface area contributed by atoms with Crippen LogP contribution in [0.25, 0.3) is 0 Å². The minimum atomic E-state index is 0.196. The molecule has 1 atom stereocenters. The number of rotatable bonds is 5. The predicted molar refractivity (Wildman–Crippen MR) is 90.6 cm³/mol. The lowest BCUT2D eigenvalue weighted by molar-refractivity contribution is 0.0888. The molecular formula is C18H28ClNO. The third kappa shape index (κ3) is 5.19. The van der Waals surface area contributed by atoms with Gasteiger partial charge in [-0.15, -0.1) is 11.6 Å². The van der Waals surface area contributed by atoms with Crippen LogP contribution in [-0.2, 0) is 5.41 Å². The van der Waals surface area contributed by atoms with Gasteiger partial charge in [-0.2, -0.15) is 0 Å². The fourth-order valence-corrected chi connectivity index (χ4v) is 2.94. The molecule has 0 N–H and O–H groups in total. The van der Waals surface area contributed by atoms with Crippen LogP contribution in [0.4, 0.5) is 0 Å². The Morgan fingerprint density at radius 2 is 1.95 bits per heavy atom. The number of halogens is 1. The van der Waals surface area contributed by atoms with Crippen LogP contribution in [0, 0.1) is 0 Å². The van der Waals surface area contributed by atoms with Crippen LogP contribution in [0.2, 0.25) is 0 Å². The second-order valence-corrected chi connectivity index (χ2v) is 7.38. The molecule has 1 aliphatic rings. The van der Waals surface area contributed by atoms with Crippen molar-refractivity contribution >= 4 is 11.6 Å². The van der Waals surface area contributed by atoms with Gasteiger partial charge < -0.3 is 4.74 Å². The lowest BCUT2D eigenvalue weighted by Crippen LogP contribution is -2.41. The number of hydrogen-bond acceptors (Lipinski definition) is 2. The highest BCUT2D eigenvalue weighted by Crippen LogP contribution is 2.25. The van der Waals surface area contributed by atoms with Gasteiger partial charge in [0.2, 0.25) is 0 Å². The molecule has 1 saturated heterocycles. The number of benzene rings is 1. The highest BCUT2D eigenvalue weighted by molar-refractivity contribution is 6.17. The van der Waals surface area contributed by atoms with E-state index in [0.717, 1.165) is 37.6 Å². The van der Waals surface area contributed by atoms with Gasteiger partial charge in [0, 0.05) is 12.4 Å². The molecule has 0 amide bonds. The average Bonchev–Trinajstić information content (AvgIpc) is 2.45. The summed E-state index contributed by atoms with van der Waals surface area (Å²) in [5.41, 5.74) is 1.55. The van der Waals surface area contributed by atoms with Crippen LogP contribution in [0.15, 0.2) is 24.3 Å². The van der Waals surface area contributed by atoms with Gasteiger partial charge >= 0.3 is 0 Å². The van der Waals surface area contributed by atoms with Crippen LogP contribution in [-0.4, -0.2) is 36.5 Å². The Hall–Kier alpha value is -0.730. The standard InChI is InChI=1S/C18H28ClNO/c1-18(2,3)15-7-9-16(10-8-15)21-17-6-4-12-20(14-17)13-5-11-19/h7-10,17H,4-6,11-14H2,1-3H3/t17-/m0/s1. The maximum Gasteiger partial charge on any atom is 0.119 e. The van der Waals surface area contributed by atoms with Gasteiger partial charge in [0.1, 0.15) is 11.9 Å². The van der Waals surface area contributed by atoms with Crippen molar-refractivity contribution in [1.82, 2.24) is 4.90 Å². The summed E-state index contributed by atoms with van der Waals surface area (Å²) in [5, 5.41) is 0. The Morgan fingerprint density at radius 3 is 2.57 bits per heavy atom. The molecule has 0 spiro atoms. The van der Waals surface area contributed by atoms with Gasteiger partial charge in [-0.25, -0.2) is 0 Å². The Bertz CT molecular complexity index is 424. The lowest BCUT2D eigenvalue weighted by Gasteiger charge is -2.32. The molecule has 0 bridgehead atoms. The summed E-state index contributed by atoms with van der Waals surface area (Å²) >= 11 is 5.78. The lowest BCUT2D eigenvalue weighted by atomic mass is 9.87. The zero-order valence-electron chi connectivity index (χ0n) is 13.6. The quantitative estimate of drug-likeness (QED) is 0.745. The van der Waals surface area contributed by atoms with Crippen LogP contribution in [0.3, 0.4) is 0 Å². The average molecular weight is 310 g/mol. The summed E-state index contributed by atoms with van der Waals surface area (Å²) in [5.74, 6) is 1.74. The summed E-state index contributed by atoms with van der Waals surface area (Å²) in [4.78, 5) is 2.47. The van der Waals surface area contributed by atoms with Gasteiger partial charge in [-0.1, -0.05) is 32.9 Å². The molecule has 0 aliphatic carbocycles. The Labute approximate surface area is 134 Å². The zero-order valence-corrected chi connectivity index (χ0v) is 14.3. The van der Waals surface area contributed by atoms with E-state index in [0.29, 0.717) is 6.10 Å². The fourth-order valence-electron chi connectivity index (χ4n) is 2.82.